The first kappa shape index (κ1) is 15.7. The topological polar surface area (TPSA) is 12.0 Å². The maximum absolute atomic E-state index is 6.15. The predicted octanol–water partition coefficient (Wildman–Crippen LogP) is 5.37. The van der Waals surface area contributed by atoms with Crippen LogP contribution in [-0.2, 0) is 13.0 Å². The Kier molecular flexibility index (Phi) is 5.74. The number of hydrogen-bond acceptors (Lipinski definition) is 1. The van der Waals surface area contributed by atoms with E-state index in [9.17, 15) is 0 Å². The van der Waals surface area contributed by atoms with Crippen LogP contribution in [0.1, 0.15) is 18.1 Å². The molecule has 1 nitrogen and oxygen atoms in total. The third-order valence-corrected chi connectivity index (χ3v) is 4.06. The highest BCUT2D eigenvalue weighted by Crippen LogP contribution is 2.24. The van der Waals surface area contributed by atoms with E-state index in [1.165, 1.54) is 5.56 Å². The molecule has 0 fully saturated rings. The summed E-state index contributed by atoms with van der Waals surface area (Å²) in [4.78, 5) is 0. The van der Waals surface area contributed by atoms with Gasteiger partial charge in [0.15, 0.2) is 0 Å². The van der Waals surface area contributed by atoms with Crippen molar-refractivity contribution >= 4 is 34.8 Å². The molecule has 2 aromatic carbocycles. The minimum Gasteiger partial charge on any atom is -0.310 e. The first-order valence-electron chi connectivity index (χ1n) is 6.47. The van der Waals surface area contributed by atoms with Gasteiger partial charge < -0.3 is 5.32 Å². The van der Waals surface area contributed by atoms with E-state index in [2.05, 4.69) is 18.3 Å². The fraction of sp³-hybridized carbons (Fsp3) is 0.250. The van der Waals surface area contributed by atoms with E-state index in [1.54, 1.807) is 0 Å². The lowest BCUT2D eigenvalue weighted by molar-refractivity contribution is 0.545. The average molecular weight is 329 g/mol. The van der Waals surface area contributed by atoms with Gasteiger partial charge in [-0.1, -0.05) is 53.0 Å². The SMILES string of the molecule is CC(Cc1cccc(Cl)c1)NCc1c(Cl)cccc1Cl. The zero-order valence-electron chi connectivity index (χ0n) is 11.2. The van der Waals surface area contributed by atoms with Crippen molar-refractivity contribution in [2.24, 2.45) is 0 Å². The van der Waals surface area contributed by atoms with E-state index in [0.717, 1.165) is 17.0 Å². The van der Waals surface area contributed by atoms with Crippen molar-refractivity contribution in [3.05, 3.63) is 68.7 Å². The molecule has 0 aliphatic carbocycles. The van der Waals surface area contributed by atoms with E-state index < -0.39 is 0 Å². The summed E-state index contributed by atoms with van der Waals surface area (Å²) in [7, 11) is 0. The van der Waals surface area contributed by atoms with Gasteiger partial charge in [0, 0.05) is 33.2 Å². The minimum atomic E-state index is 0.306. The first-order valence-corrected chi connectivity index (χ1v) is 7.60. The molecule has 0 spiro atoms. The summed E-state index contributed by atoms with van der Waals surface area (Å²) in [6.45, 7) is 2.78. The van der Waals surface area contributed by atoms with Crippen LogP contribution < -0.4 is 5.32 Å². The van der Waals surface area contributed by atoms with E-state index in [1.807, 2.05) is 36.4 Å². The summed E-state index contributed by atoms with van der Waals surface area (Å²) >= 11 is 18.3. The van der Waals surface area contributed by atoms with Crippen molar-refractivity contribution in [3.8, 4) is 0 Å². The molecule has 0 radical (unpaired) electrons. The summed E-state index contributed by atoms with van der Waals surface area (Å²) in [5, 5.41) is 5.59. The first-order chi connectivity index (χ1) is 9.56. The van der Waals surface area contributed by atoms with Crippen molar-refractivity contribution in [1.29, 1.82) is 0 Å². The number of halogens is 3. The molecule has 0 heterocycles. The third-order valence-electron chi connectivity index (χ3n) is 3.12. The average Bonchev–Trinajstić information content (AvgIpc) is 2.38. The van der Waals surface area contributed by atoms with Crippen molar-refractivity contribution in [1.82, 2.24) is 5.32 Å². The van der Waals surface area contributed by atoms with Crippen molar-refractivity contribution in [3.63, 3.8) is 0 Å². The van der Waals surface area contributed by atoms with Gasteiger partial charge in [-0.2, -0.15) is 0 Å². The lowest BCUT2D eigenvalue weighted by Crippen LogP contribution is -2.27. The van der Waals surface area contributed by atoms with Gasteiger partial charge in [-0.3, -0.25) is 0 Å². The lowest BCUT2D eigenvalue weighted by atomic mass is 10.1. The molecule has 0 saturated heterocycles. The van der Waals surface area contributed by atoms with Crippen molar-refractivity contribution in [2.75, 3.05) is 0 Å². The van der Waals surface area contributed by atoms with Crippen molar-refractivity contribution in [2.45, 2.75) is 25.9 Å². The Morgan fingerprint density at radius 1 is 1.00 bits per heavy atom. The lowest BCUT2D eigenvalue weighted by Gasteiger charge is -2.15. The van der Waals surface area contributed by atoms with Gasteiger partial charge in [-0.15, -0.1) is 0 Å². The number of hydrogen-bond donors (Lipinski definition) is 1. The molecule has 1 atom stereocenters. The Morgan fingerprint density at radius 2 is 1.65 bits per heavy atom. The Morgan fingerprint density at radius 3 is 2.30 bits per heavy atom. The summed E-state index contributed by atoms with van der Waals surface area (Å²) in [5.74, 6) is 0. The highest BCUT2D eigenvalue weighted by molar-refractivity contribution is 6.36. The molecule has 2 rings (SSSR count). The van der Waals surface area contributed by atoms with Gasteiger partial charge in [0.2, 0.25) is 0 Å². The predicted molar refractivity (Wildman–Crippen MR) is 87.9 cm³/mol. The Labute approximate surface area is 134 Å². The summed E-state index contributed by atoms with van der Waals surface area (Å²) in [6, 6.07) is 13.8. The number of rotatable bonds is 5. The van der Waals surface area contributed by atoms with E-state index in [-0.39, 0.29) is 0 Å². The van der Waals surface area contributed by atoms with Gasteiger partial charge in [0.1, 0.15) is 0 Å². The van der Waals surface area contributed by atoms with E-state index in [4.69, 9.17) is 34.8 Å². The summed E-state index contributed by atoms with van der Waals surface area (Å²) in [6.07, 6.45) is 0.905. The van der Waals surface area contributed by atoms with Gasteiger partial charge >= 0.3 is 0 Å². The molecule has 20 heavy (non-hydrogen) atoms. The monoisotopic (exact) mass is 327 g/mol. The van der Waals surface area contributed by atoms with E-state index in [0.29, 0.717) is 22.6 Å². The second-order valence-corrected chi connectivity index (χ2v) is 6.07. The fourth-order valence-electron chi connectivity index (χ4n) is 2.07. The Bertz CT molecular complexity index is 563. The van der Waals surface area contributed by atoms with Crippen LogP contribution in [0.2, 0.25) is 15.1 Å². The summed E-state index contributed by atoms with van der Waals surface area (Å²) < 4.78 is 0. The Hall–Kier alpha value is -0.730. The second-order valence-electron chi connectivity index (χ2n) is 4.82. The molecule has 0 amide bonds. The molecule has 4 heteroatoms. The molecule has 106 valence electrons. The maximum Gasteiger partial charge on any atom is 0.0465 e. The maximum atomic E-state index is 6.15. The van der Waals surface area contributed by atoms with Crippen LogP contribution in [-0.4, -0.2) is 6.04 Å². The third kappa shape index (κ3) is 4.39. The van der Waals surface area contributed by atoms with Gasteiger partial charge in [0.25, 0.3) is 0 Å². The van der Waals surface area contributed by atoms with E-state index >= 15 is 0 Å². The summed E-state index contributed by atoms with van der Waals surface area (Å²) in [5.41, 5.74) is 2.15. The highest BCUT2D eigenvalue weighted by Gasteiger charge is 2.08. The molecule has 0 saturated carbocycles. The molecular formula is C16H16Cl3N. The Balaban J connectivity index is 1.94. The molecule has 0 bridgehead atoms. The van der Waals surface area contributed by atoms with Crippen molar-refractivity contribution < 1.29 is 0 Å². The molecule has 0 aliphatic rings. The molecule has 0 aromatic heterocycles. The van der Waals surface area contributed by atoms with Gasteiger partial charge in [-0.25, -0.2) is 0 Å². The number of nitrogens with one attached hydrogen (secondary N) is 1. The van der Waals surface area contributed by atoms with Gasteiger partial charge in [-0.05, 0) is 43.2 Å². The van der Waals surface area contributed by atoms with Crippen LogP contribution in [0.4, 0.5) is 0 Å². The molecular weight excluding hydrogens is 313 g/mol. The fourth-order valence-corrected chi connectivity index (χ4v) is 2.81. The normalized spacial score (nSPS) is 12.4. The van der Waals surface area contributed by atoms with Crippen LogP contribution in [0, 0.1) is 0 Å². The minimum absolute atomic E-state index is 0.306. The van der Waals surface area contributed by atoms with Crippen LogP contribution in [0.5, 0.6) is 0 Å². The van der Waals surface area contributed by atoms with Crippen LogP contribution in [0.15, 0.2) is 42.5 Å². The van der Waals surface area contributed by atoms with Crippen LogP contribution >= 0.6 is 34.8 Å². The van der Waals surface area contributed by atoms with Gasteiger partial charge in [0.05, 0.1) is 0 Å². The highest BCUT2D eigenvalue weighted by atomic mass is 35.5. The quantitative estimate of drug-likeness (QED) is 0.778. The largest absolute Gasteiger partial charge is 0.310 e. The smallest absolute Gasteiger partial charge is 0.0465 e. The zero-order valence-corrected chi connectivity index (χ0v) is 13.4. The second kappa shape index (κ2) is 7.33. The van der Waals surface area contributed by atoms with Crippen LogP contribution in [0.3, 0.4) is 0 Å². The number of benzene rings is 2. The zero-order chi connectivity index (χ0) is 14.5. The molecule has 1 unspecified atom stereocenters. The molecule has 0 aliphatic heterocycles. The van der Waals surface area contributed by atoms with Crippen LogP contribution in [0.25, 0.3) is 0 Å². The molecule has 1 N–H and O–H groups in total. The standard InChI is InChI=1S/C16H16Cl3N/c1-11(8-12-4-2-5-13(17)9-12)20-10-14-15(18)6-3-7-16(14)19/h2-7,9,11,20H,8,10H2,1H3. The molecule has 2 aromatic rings.